The van der Waals surface area contributed by atoms with Crippen LogP contribution in [0.2, 0.25) is 0 Å². The quantitative estimate of drug-likeness (QED) is 0.334. The summed E-state index contributed by atoms with van der Waals surface area (Å²) in [6.07, 6.45) is 7.45. The molecule has 218 valence electrons. The van der Waals surface area contributed by atoms with Crippen LogP contribution in [0.3, 0.4) is 0 Å². The third-order valence-corrected chi connectivity index (χ3v) is 11.5. The van der Waals surface area contributed by atoms with Gasteiger partial charge >= 0.3 is 5.97 Å². The van der Waals surface area contributed by atoms with E-state index < -0.39 is 29.0 Å². The highest BCUT2D eigenvalue weighted by atomic mass is 16.6. The third kappa shape index (κ3) is 5.24. The maximum atomic E-state index is 12.3. The number of fused-ring (bicyclic) bond motifs is 2. The number of carbonyl (C=O) groups is 1. The van der Waals surface area contributed by atoms with Gasteiger partial charge in [0.1, 0.15) is 5.60 Å². The van der Waals surface area contributed by atoms with Gasteiger partial charge in [-0.15, -0.1) is 0 Å². The van der Waals surface area contributed by atoms with Gasteiger partial charge in [-0.2, -0.15) is 0 Å². The summed E-state index contributed by atoms with van der Waals surface area (Å²) in [6.45, 7) is 20.8. The monoisotopic (exact) mass is 534 g/mol. The van der Waals surface area contributed by atoms with E-state index in [9.17, 15) is 15.0 Å². The van der Waals surface area contributed by atoms with E-state index in [-0.39, 0.29) is 40.8 Å². The molecule has 38 heavy (non-hydrogen) atoms. The van der Waals surface area contributed by atoms with Gasteiger partial charge in [0.05, 0.1) is 35.6 Å². The van der Waals surface area contributed by atoms with Crippen LogP contribution in [-0.2, 0) is 19.0 Å². The molecule has 0 bridgehead atoms. The van der Waals surface area contributed by atoms with Crippen molar-refractivity contribution < 1.29 is 29.2 Å². The molecule has 2 N–H and O–H groups in total. The van der Waals surface area contributed by atoms with Crippen molar-refractivity contribution in [3.8, 4) is 0 Å². The lowest BCUT2D eigenvalue weighted by atomic mass is 9.54. The predicted octanol–water partition coefficient (Wildman–Crippen LogP) is 6.11. The number of aliphatic hydroxyl groups excluding tert-OH is 2. The highest BCUT2D eigenvalue weighted by Gasteiger charge is 2.59. The molecule has 4 rings (SSSR count). The van der Waals surface area contributed by atoms with Gasteiger partial charge < -0.3 is 24.4 Å². The first-order valence-corrected chi connectivity index (χ1v) is 15.0. The van der Waals surface area contributed by atoms with Crippen molar-refractivity contribution >= 4 is 5.97 Å². The van der Waals surface area contributed by atoms with E-state index in [1.54, 1.807) is 0 Å². The maximum Gasteiger partial charge on any atom is 0.303 e. The molecule has 4 fully saturated rings. The molecule has 0 spiro atoms. The molecule has 4 aliphatic rings. The molecular formula is C32H54O6. The Morgan fingerprint density at radius 2 is 1.37 bits per heavy atom. The average molecular weight is 535 g/mol. The first kappa shape index (κ1) is 30.0. The van der Waals surface area contributed by atoms with Gasteiger partial charge in [0.15, 0.2) is 0 Å². The number of rotatable bonds is 4. The topological polar surface area (TPSA) is 85.2 Å². The lowest BCUT2D eigenvalue weighted by Gasteiger charge is -2.56. The van der Waals surface area contributed by atoms with E-state index in [1.807, 2.05) is 27.7 Å². The molecule has 2 heterocycles. The zero-order valence-corrected chi connectivity index (χ0v) is 25.3. The summed E-state index contributed by atoms with van der Waals surface area (Å²) in [5.74, 6) is 0.114. The van der Waals surface area contributed by atoms with Crippen molar-refractivity contribution in [2.24, 2.45) is 22.7 Å². The zero-order valence-electron chi connectivity index (χ0n) is 25.3. The van der Waals surface area contributed by atoms with Crippen LogP contribution in [0.5, 0.6) is 0 Å². The van der Waals surface area contributed by atoms with Gasteiger partial charge in [0.2, 0.25) is 0 Å². The van der Waals surface area contributed by atoms with Crippen LogP contribution in [0.4, 0.5) is 0 Å². The molecule has 6 nitrogen and oxygen atoms in total. The molecule has 2 saturated carbocycles. The molecule has 6 heteroatoms. The number of hydrogen-bond acceptors (Lipinski definition) is 6. The van der Waals surface area contributed by atoms with E-state index in [1.165, 1.54) is 12.5 Å². The Labute approximate surface area is 230 Å². The standard InChI is InChI=1S/C32H54O6/c1-20-10-13-26-30(7,17-14-24(34)28(3,4)37-26)22(20)11-12-23-31(8)18-15-25(35)29(5,6)38-27(31)16-19-32(23,9)36-21(2)33/h22-27,34-35H,1,10-19H2,2-9H3. The molecule has 9 atom stereocenters. The average Bonchev–Trinajstić information content (AvgIpc) is 2.95. The fourth-order valence-electron chi connectivity index (χ4n) is 8.85. The molecule has 2 saturated heterocycles. The normalized spacial score (nSPS) is 46.7. The SMILES string of the molecule is C=C1CCC2OC(C)(C)C(O)CCC2(C)C1CCC1C(C)(OC(C)=O)CCC2OC(C)(C)C(O)CCC21C. The molecule has 0 aromatic carbocycles. The highest BCUT2D eigenvalue weighted by molar-refractivity contribution is 5.66. The zero-order chi connectivity index (χ0) is 28.3. The number of esters is 1. The number of hydrogen-bond donors (Lipinski definition) is 2. The minimum atomic E-state index is -0.605. The van der Waals surface area contributed by atoms with Crippen LogP contribution >= 0.6 is 0 Å². The van der Waals surface area contributed by atoms with Crippen LogP contribution in [0.25, 0.3) is 0 Å². The molecule has 2 aliphatic carbocycles. The van der Waals surface area contributed by atoms with E-state index in [0.29, 0.717) is 6.42 Å². The van der Waals surface area contributed by atoms with Crippen LogP contribution in [-0.4, -0.2) is 57.4 Å². The van der Waals surface area contributed by atoms with Gasteiger partial charge in [0, 0.05) is 23.7 Å². The van der Waals surface area contributed by atoms with Crippen molar-refractivity contribution in [1.82, 2.24) is 0 Å². The molecule has 2 aliphatic heterocycles. The number of ether oxygens (including phenoxy) is 3. The molecule has 0 amide bonds. The molecule has 0 aromatic heterocycles. The smallest absolute Gasteiger partial charge is 0.303 e. The highest BCUT2D eigenvalue weighted by Crippen LogP contribution is 2.59. The maximum absolute atomic E-state index is 12.3. The van der Waals surface area contributed by atoms with Crippen molar-refractivity contribution in [1.29, 1.82) is 0 Å². The number of allylic oxidation sites excluding steroid dienone is 1. The van der Waals surface area contributed by atoms with Crippen molar-refractivity contribution in [2.75, 3.05) is 0 Å². The van der Waals surface area contributed by atoms with Crippen LogP contribution in [0, 0.1) is 22.7 Å². The second-order valence-corrected chi connectivity index (χ2v) is 14.9. The van der Waals surface area contributed by atoms with Crippen LogP contribution in [0.1, 0.15) is 120 Å². The van der Waals surface area contributed by atoms with E-state index >= 15 is 0 Å². The van der Waals surface area contributed by atoms with Gasteiger partial charge in [-0.25, -0.2) is 0 Å². The summed E-state index contributed by atoms with van der Waals surface area (Å²) in [7, 11) is 0. The third-order valence-electron chi connectivity index (χ3n) is 11.5. The molecular weight excluding hydrogens is 480 g/mol. The fraction of sp³-hybridized carbons (Fsp3) is 0.906. The Balaban J connectivity index is 1.65. The van der Waals surface area contributed by atoms with Crippen LogP contribution in [0.15, 0.2) is 12.2 Å². The predicted molar refractivity (Wildman–Crippen MR) is 149 cm³/mol. The van der Waals surface area contributed by atoms with Crippen molar-refractivity contribution in [3.63, 3.8) is 0 Å². The second kappa shape index (κ2) is 10.2. The van der Waals surface area contributed by atoms with Gasteiger partial charge in [0.25, 0.3) is 0 Å². The minimum Gasteiger partial charge on any atom is -0.459 e. The number of aliphatic hydroxyl groups is 2. The first-order chi connectivity index (χ1) is 17.4. The summed E-state index contributed by atoms with van der Waals surface area (Å²) >= 11 is 0. The summed E-state index contributed by atoms with van der Waals surface area (Å²) in [6, 6.07) is 0. The second-order valence-electron chi connectivity index (χ2n) is 14.9. The summed E-state index contributed by atoms with van der Waals surface area (Å²) in [5, 5.41) is 21.7. The molecule has 0 radical (unpaired) electrons. The van der Waals surface area contributed by atoms with E-state index in [0.717, 1.165) is 57.8 Å². The summed E-state index contributed by atoms with van der Waals surface area (Å²) in [4.78, 5) is 12.3. The fourth-order valence-corrected chi connectivity index (χ4v) is 8.85. The molecule has 0 aromatic rings. The Bertz CT molecular complexity index is 912. The van der Waals surface area contributed by atoms with Gasteiger partial charge in [-0.3, -0.25) is 4.79 Å². The Morgan fingerprint density at radius 3 is 1.92 bits per heavy atom. The van der Waals surface area contributed by atoms with Crippen molar-refractivity contribution in [3.05, 3.63) is 12.2 Å². The van der Waals surface area contributed by atoms with E-state index in [2.05, 4.69) is 27.4 Å². The summed E-state index contributed by atoms with van der Waals surface area (Å²) in [5.41, 5.74) is -0.808. The minimum absolute atomic E-state index is 0.00154. The molecule has 9 unspecified atom stereocenters. The lowest BCUT2D eigenvalue weighted by molar-refractivity contribution is -0.219. The summed E-state index contributed by atoms with van der Waals surface area (Å²) < 4.78 is 19.4. The largest absolute Gasteiger partial charge is 0.459 e. The van der Waals surface area contributed by atoms with Crippen LogP contribution < -0.4 is 0 Å². The number of carbonyl (C=O) groups excluding carboxylic acids is 1. The van der Waals surface area contributed by atoms with Gasteiger partial charge in [-0.05, 0) is 105 Å². The lowest BCUT2D eigenvalue weighted by Crippen LogP contribution is -2.58. The first-order valence-electron chi connectivity index (χ1n) is 15.0. The Hall–Kier alpha value is -0.950. The van der Waals surface area contributed by atoms with Crippen molar-refractivity contribution in [2.45, 2.75) is 161 Å². The Kier molecular flexibility index (Phi) is 8.02. The Morgan fingerprint density at radius 1 is 0.842 bits per heavy atom. The van der Waals surface area contributed by atoms with Gasteiger partial charge in [-0.1, -0.05) is 26.0 Å². The van der Waals surface area contributed by atoms with E-state index in [4.69, 9.17) is 14.2 Å².